The number of benzene rings is 1. The third kappa shape index (κ3) is 6.34. The molecule has 1 fully saturated rings. The highest BCUT2D eigenvalue weighted by molar-refractivity contribution is 9.10. The molecular weight excluding hydrogens is 555 g/mol. The van der Waals surface area contributed by atoms with Crippen LogP contribution in [0.3, 0.4) is 0 Å². The fourth-order valence-electron chi connectivity index (χ4n) is 4.30. The minimum Gasteiger partial charge on any atom is -0.376 e. The van der Waals surface area contributed by atoms with Gasteiger partial charge < -0.3 is 10.2 Å². The largest absolute Gasteiger partial charge is 0.376 e. The number of nitrogens with zero attached hydrogens (tertiary/aromatic N) is 4. The number of amides is 1. The molecule has 2 atom stereocenters. The zero-order valence-corrected chi connectivity index (χ0v) is 22.5. The standard InChI is InChI=1S/C27H26BrFN6O3/c1-15(36)27(30)21-8-17(18-11-31-16(2)32-12-18)6-7-22(21)33-13-26(38)35-14-19(29)9-23(35)24(37)10-20-4-3-5-25(28)34-20/h3-8,11-12,19,23,30,33H,9-10,13-14H2,1-2H3/t19-,23+/m1/s1. The molecule has 38 heavy (non-hydrogen) atoms. The Kier molecular flexibility index (Phi) is 8.35. The Labute approximate surface area is 227 Å². The molecule has 0 radical (unpaired) electrons. The SMILES string of the molecule is CC(=O)C(=N)c1cc(-c2cnc(C)nc2)ccc1NCC(=O)N1C[C@H](F)C[C@H]1C(=O)Cc1cccc(Br)n1. The zero-order valence-electron chi connectivity index (χ0n) is 20.9. The molecule has 3 aromatic rings. The Morgan fingerprint density at radius 1 is 1.16 bits per heavy atom. The molecule has 2 aromatic heterocycles. The van der Waals surface area contributed by atoms with E-state index in [1.807, 2.05) is 0 Å². The van der Waals surface area contributed by atoms with Crippen LogP contribution < -0.4 is 5.32 Å². The van der Waals surface area contributed by atoms with Gasteiger partial charge in [-0.1, -0.05) is 12.1 Å². The first kappa shape index (κ1) is 27.2. The van der Waals surface area contributed by atoms with E-state index in [4.69, 9.17) is 5.41 Å². The van der Waals surface area contributed by atoms with E-state index in [0.717, 1.165) is 0 Å². The maximum atomic E-state index is 14.3. The number of anilines is 1. The van der Waals surface area contributed by atoms with Gasteiger partial charge >= 0.3 is 0 Å². The van der Waals surface area contributed by atoms with Gasteiger partial charge in [0.15, 0.2) is 11.6 Å². The van der Waals surface area contributed by atoms with Crippen LogP contribution in [0.25, 0.3) is 11.1 Å². The lowest BCUT2D eigenvalue weighted by molar-refractivity contribution is -0.136. The predicted octanol–water partition coefficient (Wildman–Crippen LogP) is 3.73. The molecule has 2 N–H and O–H groups in total. The summed E-state index contributed by atoms with van der Waals surface area (Å²) in [6.45, 7) is 2.65. The topological polar surface area (TPSA) is 129 Å². The number of hydrogen-bond donors (Lipinski definition) is 2. The molecule has 3 heterocycles. The molecule has 196 valence electrons. The number of pyridine rings is 1. The number of halogens is 2. The predicted molar refractivity (Wildman–Crippen MR) is 144 cm³/mol. The van der Waals surface area contributed by atoms with Gasteiger partial charge in [0.05, 0.1) is 25.6 Å². The quantitative estimate of drug-likeness (QED) is 0.291. The molecule has 1 aliphatic heterocycles. The smallest absolute Gasteiger partial charge is 0.242 e. The number of carbonyl (C=O) groups is 3. The molecule has 1 amide bonds. The number of likely N-dealkylation sites (tertiary alicyclic amines) is 1. The van der Waals surface area contributed by atoms with Gasteiger partial charge in [-0.3, -0.25) is 19.8 Å². The highest BCUT2D eigenvalue weighted by Gasteiger charge is 2.39. The van der Waals surface area contributed by atoms with Crippen LogP contribution in [0.5, 0.6) is 0 Å². The number of ketones is 2. The van der Waals surface area contributed by atoms with Crippen LogP contribution in [0, 0.1) is 12.3 Å². The zero-order chi connectivity index (χ0) is 27.4. The van der Waals surface area contributed by atoms with Gasteiger partial charge in [-0.05, 0) is 52.7 Å². The van der Waals surface area contributed by atoms with Crippen LogP contribution in [0.1, 0.15) is 30.4 Å². The monoisotopic (exact) mass is 580 g/mol. The minimum absolute atomic E-state index is 0.0157. The van der Waals surface area contributed by atoms with E-state index in [9.17, 15) is 18.8 Å². The number of carbonyl (C=O) groups excluding carboxylic acids is 3. The van der Waals surface area contributed by atoms with E-state index in [1.165, 1.54) is 11.8 Å². The first-order valence-corrected chi connectivity index (χ1v) is 12.8. The first-order valence-electron chi connectivity index (χ1n) is 12.0. The summed E-state index contributed by atoms with van der Waals surface area (Å²) >= 11 is 3.27. The summed E-state index contributed by atoms with van der Waals surface area (Å²) in [7, 11) is 0. The molecular formula is C27H26BrFN6O3. The Morgan fingerprint density at radius 3 is 2.58 bits per heavy atom. The molecule has 1 saturated heterocycles. The summed E-state index contributed by atoms with van der Waals surface area (Å²) in [5, 5.41) is 11.3. The third-order valence-corrected chi connectivity index (χ3v) is 6.70. The number of alkyl halides is 1. The van der Waals surface area contributed by atoms with Crippen molar-refractivity contribution in [1.29, 1.82) is 5.41 Å². The lowest BCUT2D eigenvalue weighted by Crippen LogP contribution is -2.44. The summed E-state index contributed by atoms with van der Waals surface area (Å²) in [6, 6.07) is 9.40. The van der Waals surface area contributed by atoms with E-state index in [1.54, 1.807) is 55.7 Å². The molecule has 0 aliphatic carbocycles. The Bertz CT molecular complexity index is 1400. The number of aryl methyl sites for hydroxylation is 1. The maximum absolute atomic E-state index is 14.3. The van der Waals surface area contributed by atoms with E-state index in [0.29, 0.717) is 38.5 Å². The average molecular weight is 581 g/mol. The van der Waals surface area contributed by atoms with Crippen molar-refractivity contribution in [1.82, 2.24) is 19.9 Å². The lowest BCUT2D eigenvalue weighted by Gasteiger charge is -2.24. The average Bonchev–Trinajstić information content (AvgIpc) is 3.29. The second-order valence-electron chi connectivity index (χ2n) is 9.05. The van der Waals surface area contributed by atoms with Crippen molar-refractivity contribution in [2.24, 2.45) is 0 Å². The molecule has 0 spiro atoms. The maximum Gasteiger partial charge on any atom is 0.242 e. The van der Waals surface area contributed by atoms with Crippen molar-refractivity contribution < 1.29 is 18.8 Å². The van der Waals surface area contributed by atoms with Crippen molar-refractivity contribution in [2.75, 3.05) is 18.4 Å². The van der Waals surface area contributed by atoms with Crippen molar-refractivity contribution >= 4 is 44.8 Å². The summed E-state index contributed by atoms with van der Waals surface area (Å²) in [5.41, 5.74) is 2.42. The molecule has 11 heteroatoms. The lowest BCUT2D eigenvalue weighted by atomic mass is 9.99. The van der Waals surface area contributed by atoms with Gasteiger partial charge in [0, 0.05) is 48.2 Å². The minimum atomic E-state index is -1.30. The number of rotatable bonds is 9. The molecule has 0 saturated carbocycles. The highest BCUT2D eigenvalue weighted by atomic mass is 79.9. The van der Waals surface area contributed by atoms with Crippen LogP contribution in [0.15, 0.2) is 53.4 Å². The number of Topliss-reactive ketones (excluding diaryl/α,β-unsaturated/α-hetero) is 2. The van der Waals surface area contributed by atoms with Gasteiger partial charge in [0.2, 0.25) is 5.91 Å². The molecule has 0 unspecified atom stereocenters. The second-order valence-corrected chi connectivity index (χ2v) is 9.87. The van der Waals surface area contributed by atoms with E-state index in [-0.39, 0.29) is 37.4 Å². The fourth-order valence-corrected chi connectivity index (χ4v) is 4.68. The summed E-state index contributed by atoms with van der Waals surface area (Å²) in [4.78, 5) is 52.0. The fraction of sp³-hybridized carbons (Fsp3) is 0.296. The van der Waals surface area contributed by atoms with Gasteiger partial charge in [-0.15, -0.1) is 0 Å². The van der Waals surface area contributed by atoms with Crippen molar-refractivity contribution in [3.63, 3.8) is 0 Å². The summed E-state index contributed by atoms with van der Waals surface area (Å²) in [5.74, 6) is -0.567. The molecule has 1 aromatic carbocycles. The Morgan fingerprint density at radius 2 is 1.89 bits per heavy atom. The van der Waals surface area contributed by atoms with E-state index >= 15 is 0 Å². The Hall–Kier alpha value is -3.86. The summed E-state index contributed by atoms with van der Waals surface area (Å²) in [6.07, 6.45) is 1.92. The molecule has 9 nitrogen and oxygen atoms in total. The summed E-state index contributed by atoms with van der Waals surface area (Å²) < 4.78 is 14.9. The van der Waals surface area contributed by atoms with Gasteiger partial charge in [0.1, 0.15) is 22.3 Å². The highest BCUT2D eigenvalue weighted by Crippen LogP contribution is 2.27. The van der Waals surface area contributed by atoms with E-state index < -0.39 is 23.9 Å². The third-order valence-electron chi connectivity index (χ3n) is 6.26. The normalized spacial score (nSPS) is 16.8. The van der Waals surface area contributed by atoms with Gasteiger partial charge in [-0.25, -0.2) is 19.3 Å². The second kappa shape index (κ2) is 11.7. The van der Waals surface area contributed by atoms with Crippen LogP contribution in [0.4, 0.5) is 10.1 Å². The van der Waals surface area contributed by atoms with Crippen LogP contribution in [-0.4, -0.2) is 68.3 Å². The van der Waals surface area contributed by atoms with Gasteiger partial charge in [-0.2, -0.15) is 0 Å². The number of nitrogens with one attached hydrogen (secondary N) is 2. The molecule has 1 aliphatic rings. The van der Waals surface area contributed by atoms with Crippen LogP contribution >= 0.6 is 15.9 Å². The van der Waals surface area contributed by atoms with Gasteiger partial charge in [0.25, 0.3) is 0 Å². The number of aromatic nitrogens is 3. The van der Waals surface area contributed by atoms with Crippen LogP contribution in [-0.2, 0) is 20.8 Å². The first-order chi connectivity index (χ1) is 18.1. The van der Waals surface area contributed by atoms with Crippen LogP contribution in [0.2, 0.25) is 0 Å². The molecule has 4 rings (SSSR count). The number of hydrogen-bond acceptors (Lipinski definition) is 8. The van der Waals surface area contributed by atoms with Crippen molar-refractivity contribution in [2.45, 2.75) is 38.9 Å². The van der Waals surface area contributed by atoms with E-state index in [2.05, 4.69) is 36.2 Å². The van der Waals surface area contributed by atoms with Crippen molar-refractivity contribution in [3.8, 4) is 11.1 Å². The van der Waals surface area contributed by atoms with Crippen molar-refractivity contribution in [3.05, 3.63) is 70.5 Å². The Balaban J connectivity index is 1.50. The molecule has 0 bridgehead atoms.